The number of amides is 3. The predicted octanol–water partition coefficient (Wildman–Crippen LogP) is 0.801. The number of urea groups is 1. The van der Waals surface area contributed by atoms with E-state index in [4.69, 9.17) is 0 Å². The fourth-order valence-corrected chi connectivity index (χ4v) is 5.19. The van der Waals surface area contributed by atoms with Crippen LogP contribution in [0, 0.1) is 0 Å². The van der Waals surface area contributed by atoms with E-state index in [9.17, 15) is 22.8 Å². The quantitative estimate of drug-likeness (QED) is 0.616. The zero-order valence-corrected chi connectivity index (χ0v) is 13.7. The first-order valence-corrected chi connectivity index (χ1v) is 11.1. The Hall–Kier alpha value is 0.288. The van der Waals surface area contributed by atoms with Gasteiger partial charge in [-0.25, -0.2) is 0 Å². The van der Waals surface area contributed by atoms with Gasteiger partial charge in [-0.3, -0.25) is 0 Å². The molecule has 0 spiro atoms. The Morgan fingerprint density at radius 3 is 1.69 bits per heavy atom. The zero-order chi connectivity index (χ0) is 12.9. The van der Waals surface area contributed by atoms with Crippen LogP contribution in [0.3, 0.4) is 0 Å². The fourth-order valence-electron chi connectivity index (χ4n) is 0.668. The molecule has 0 aliphatic rings. The van der Waals surface area contributed by atoms with Gasteiger partial charge >= 0.3 is 111 Å². The van der Waals surface area contributed by atoms with Crippen molar-refractivity contribution < 1.29 is 22.8 Å². The van der Waals surface area contributed by atoms with Crippen molar-refractivity contribution in [3.63, 3.8) is 0 Å². The van der Waals surface area contributed by atoms with Crippen LogP contribution in [0.5, 0.6) is 0 Å². The third-order valence-corrected chi connectivity index (χ3v) is 8.01. The molecule has 0 aromatic rings. The van der Waals surface area contributed by atoms with Crippen molar-refractivity contribution in [1.82, 2.24) is 6.85 Å². The third kappa shape index (κ3) is 4.28. The van der Waals surface area contributed by atoms with Gasteiger partial charge < -0.3 is 0 Å². The molecule has 0 aliphatic heterocycles. The van der Waals surface area contributed by atoms with Crippen molar-refractivity contribution in [2.45, 2.75) is 23.6 Å². The molecule has 94 valence electrons. The number of hydrogen-bond acceptors (Lipinski definition) is 2. The van der Waals surface area contributed by atoms with Gasteiger partial charge in [0.2, 0.25) is 0 Å². The Balaban J connectivity index is 4.87. The van der Waals surface area contributed by atoms with Crippen molar-refractivity contribution >= 4 is 57.5 Å². The van der Waals surface area contributed by atoms with Crippen molar-refractivity contribution in [2.24, 2.45) is 0 Å². The maximum atomic E-state index is 12.2. The van der Waals surface area contributed by atoms with Crippen LogP contribution in [0.15, 0.2) is 0 Å². The normalized spacial score (nSPS) is 11.1. The second-order valence-electron chi connectivity index (χ2n) is 2.18. The first-order valence-electron chi connectivity index (χ1n) is 3.67. The van der Waals surface area contributed by atoms with Crippen molar-refractivity contribution in [2.75, 3.05) is 0 Å². The zero-order valence-electron chi connectivity index (χ0n) is 8.57. The molecule has 0 unspecified atom stereocenters. The van der Waals surface area contributed by atoms with Crippen LogP contribution in [0.4, 0.5) is 18.0 Å². The summed E-state index contributed by atoms with van der Waals surface area (Å²) in [7, 11) is 0. The van der Waals surface area contributed by atoms with E-state index in [1.54, 1.807) is 11.6 Å². The van der Waals surface area contributed by atoms with E-state index >= 15 is 0 Å². The molecule has 0 heterocycles. The van der Waals surface area contributed by atoms with Gasteiger partial charge in [-0.1, -0.05) is 0 Å². The molecule has 0 aromatic heterocycles. The SMILES string of the molecule is C[Se]N([Se]C)C(=O)N([Se]C)C(=O)C(F)(F)F. The van der Waals surface area contributed by atoms with E-state index in [-0.39, 0.29) is 30.3 Å². The van der Waals surface area contributed by atoms with E-state index in [1.807, 2.05) is 0 Å². The molecule has 0 aliphatic carbocycles. The van der Waals surface area contributed by atoms with Gasteiger partial charge in [-0.2, -0.15) is 0 Å². The minimum atomic E-state index is -4.99. The van der Waals surface area contributed by atoms with Gasteiger partial charge in [-0.15, -0.1) is 0 Å². The van der Waals surface area contributed by atoms with Crippen molar-refractivity contribution in [3.05, 3.63) is 0 Å². The number of carbonyl (C=O) groups is 2. The average Bonchev–Trinajstić information content (AvgIpc) is 2.19. The van der Waals surface area contributed by atoms with Crippen LogP contribution >= 0.6 is 0 Å². The van der Waals surface area contributed by atoms with Gasteiger partial charge in [0.15, 0.2) is 0 Å². The monoisotopic (exact) mass is 438 g/mol. The van der Waals surface area contributed by atoms with E-state index < -0.39 is 33.3 Å². The minimum absolute atomic E-state index is 0.235. The van der Waals surface area contributed by atoms with Gasteiger partial charge in [0.1, 0.15) is 0 Å². The number of nitrogens with zero attached hydrogens (tertiary/aromatic N) is 2. The fraction of sp³-hybridized carbons (Fsp3) is 0.667. The molecule has 0 fully saturated rings. The summed E-state index contributed by atoms with van der Waals surface area (Å²) in [5.41, 5.74) is 0. The van der Waals surface area contributed by atoms with E-state index in [1.165, 1.54) is 8.75 Å². The Labute approximate surface area is 110 Å². The van der Waals surface area contributed by atoms with E-state index in [2.05, 4.69) is 0 Å². The first-order chi connectivity index (χ1) is 7.29. The van der Waals surface area contributed by atoms with Gasteiger partial charge in [0.05, 0.1) is 0 Å². The molecular formula is C6H9F3N2O2Se3. The molecule has 16 heavy (non-hydrogen) atoms. The topological polar surface area (TPSA) is 40.6 Å². The summed E-state index contributed by atoms with van der Waals surface area (Å²) in [6.45, 7) is 0. The van der Waals surface area contributed by atoms with Crippen molar-refractivity contribution in [1.29, 1.82) is 0 Å². The number of rotatable bonds is 3. The van der Waals surface area contributed by atoms with Crippen LogP contribution in [0.25, 0.3) is 0 Å². The second-order valence-corrected chi connectivity index (χ2v) is 7.95. The summed E-state index contributed by atoms with van der Waals surface area (Å²) in [6.07, 6.45) is -4.99. The Kier molecular flexibility index (Phi) is 7.01. The Morgan fingerprint density at radius 1 is 1.00 bits per heavy atom. The number of alkyl halides is 3. The average molecular weight is 435 g/mol. The summed E-state index contributed by atoms with van der Waals surface area (Å²) >= 11 is -1.30. The molecule has 0 aromatic carbocycles. The second kappa shape index (κ2) is 6.89. The molecule has 4 nitrogen and oxygen atoms in total. The number of imide groups is 1. The summed E-state index contributed by atoms with van der Waals surface area (Å²) in [6, 6.07) is -0.824. The summed E-state index contributed by atoms with van der Waals surface area (Å²) in [5, 5.41) is 0. The van der Waals surface area contributed by atoms with Crippen LogP contribution in [0.1, 0.15) is 0 Å². The molecule has 0 N–H and O–H groups in total. The van der Waals surface area contributed by atoms with E-state index in [0.717, 1.165) is 0 Å². The van der Waals surface area contributed by atoms with Crippen LogP contribution in [-0.4, -0.2) is 70.5 Å². The summed E-state index contributed by atoms with van der Waals surface area (Å²) < 4.78 is 38.1. The van der Waals surface area contributed by atoms with Gasteiger partial charge in [0, 0.05) is 0 Å². The Bertz CT molecular complexity index is 270. The molecule has 0 saturated carbocycles. The molecule has 0 bridgehead atoms. The molecule has 0 rings (SSSR count). The first kappa shape index (κ1) is 16.3. The van der Waals surface area contributed by atoms with Gasteiger partial charge in [0.25, 0.3) is 0 Å². The standard InChI is InChI=1S/C6H9F3N2O2Se3/c1-14-10(4(12)6(7,8)9)5(13)11(15-2)16-3/h1-3H3. The summed E-state index contributed by atoms with van der Waals surface area (Å²) in [4.78, 5) is 22.6. The molecule has 0 radical (unpaired) electrons. The predicted molar refractivity (Wildman–Crippen MR) is 55.0 cm³/mol. The Morgan fingerprint density at radius 2 is 1.44 bits per heavy atom. The maximum absolute atomic E-state index is 12.2. The van der Waals surface area contributed by atoms with Crippen molar-refractivity contribution in [3.8, 4) is 0 Å². The van der Waals surface area contributed by atoms with Crippen LogP contribution in [-0.2, 0) is 4.79 Å². The third-order valence-electron chi connectivity index (χ3n) is 1.27. The molecule has 0 saturated heterocycles. The van der Waals surface area contributed by atoms with Gasteiger partial charge in [-0.05, 0) is 0 Å². The van der Waals surface area contributed by atoms with Crippen LogP contribution < -0.4 is 0 Å². The van der Waals surface area contributed by atoms with Crippen LogP contribution in [0.2, 0.25) is 17.5 Å². The molecular weight excluding hydrogens is 426 g/mol. The molecule has 0 atom stereocenters. The van der Waals surface area contributed by atoms with E-state index in [0.29, 0.717) is 3.92 Å². The number of carbonyl (C=O) groups excluding carboxylic acids is 2. The number of hydrogen-bond donors (Lipinski definition) is 0. The summed E-state index contributed by atoms with van der Waals surface area (Å²) in [5.74, 6) is 2.76. The molecule has 10 heteroatoms. The number of halogens is 3. The molecule has 3 amide bonds.